The summed E-state index contributed by atoms with van der Waals surface area (Å²) >= 11 is 0. The Hall–Kier alpha value is -4.54. The lowest BCUT2D eigenvalue weighted by atomic mass is 10.1. The van der Waals surface area contributed by atoms with Crippen LogP contribution in [0.1, 0.15) is 310 Å². The smallest absolute Gasteiger partial charge is 0.462 e. The van der Waals surface area contributed by atoms with Gasteiger partial charge in [-0.2, -0.15) is 0 Å². The molecule has 0 amide bonds. The highest BCUT2D eigenvalue weighted by Gasteiger charge is 2.30. The molecule has 0 fully saturated rings. The van der Waals surface area contributed by atoms with Crippen LogP contribution in [0.2, 0.25) is 0 Å². The third-order valence-corrected chi connectivity index (χ3v) is 17.8. The second kappa shape index (κ2) is 72.8. The lowest BCUT2D eigenvalue weighted by molar-refractivity contribution is -0.161. The van der Waals surface area contributed by atoms with Crippen LogP contribution in [0.25, 0.3) is 0 Å². The third-order valence-electron chi connectivity index (χ3n) is 15.9. The van der Waals surface area contributed by atoms with E-state index in [-0.39, 0.29) is 25.7 Å². The van der Waals surface area contributed by atoms with Crippen molar-refractivity contribution in [2.24, 2.45) is 0 Å². The van der Waals surface area contributed by atoms with Crippen LogP contribution in [-0.4, -0.2) is 96.7 Å². The average molecular weight is 1450 g/mol. The van der Waals surface area contributed by atoms with Gasteiger partial charge in [0.2, 0.25) is 0 Å². The highest BCUT2D eigenvalue weighted by molar-refractivity contribution is 7.47. The molecule has 0 rings (SSSR count). The van der Waals surface area contributed by atoms with Crippen molar-refractivity contribution in [3.05, 3.63) is 122 Å². The molecule has 0 aromatic heterocycles. The molecule has 0 aliphatic carbocycles. The second-order valence-electron chi connectivity index (χ2n) is 25.5. The fraction of sp³-hybridized carbons (Fsp3) is 0.704. The molecule has 100 heavy (non-hydrogen) atoms. The molecule has 5 atom stereocenters. The van der Waals surface area contributed by atoms with Crippen molar-refractivity contribution < 1.29 is 80.2 Å². The van der Waals surface area contributed by atoms with Gasteiger partial charge < -0.3 is 33.8 Å². The second-order valence-corrected chi connectivity index (χ2v) is 28.4. The minimum Gasteiger partial charge on any atom is -0.462 e. The molecular formula is C81H138O17P2. The topological polar surface area (TPSA) is 237 Å². The fourth-order valence-corrected chi connectivity index (χ4v) is 11.6. The number of carbonyl (C=O) groups is 4. The van der Waals surface area contributed by atoms with Gasteiger partial charge in [0.15, 0.2) is 12.2 Å². The van der Waals surface area contributed by atoms with Crippen molar-refractivity contribution in [2.45, 2.75) is 329 Å². The number of phosphoric ester groups is 2. The van der Waals surface area contributed by atoms with Crippen LogP contribution in [0.15, 0.2) is 122 Å². The maximum absolute atomic E-state index is 13.1. The number of unbranched alkanes of at least 4 members (excludes halogenated alkanes) is 26. The number of aliphatic hydroxyl groups is 1. The molecule has 0 saturated carbocycles. The Morgan fingerprint density at radius 2 is 0.530 bits per heavy atom. The molecule has 3 N–H and O–H groups in total. The van der Waals surface area contributed by atoms with Gasteiger partial charge in [-0.3, -0.25) is 37.3 Å². The van der Waals surface area contributed by atoms with E-state index in [2.05, 4.69) is 149 Å². The predicted molar refractivity (Wildman–Crippen MR) is 408 cm³/mol. The molecule has 0 aliphatic rings. The summed E-state index contributed by atoms with van der Waals surface area (Å²) in [5.41, 5.74) is 0. The molecular weight excluding hydrogens is 1310 g/mol. The third kappa shape index (κ3) is 71.8. The molecule has 0 spiro atoms. The Morgan fingerprint density at radius 3 is 0.860 bits per heavy atom. The number of hydrogen-bond donors (Lipinski definition) is 3. The first-order valence-electron chi connectivity index (χ1n) is 38.8. The monoisotopic (exact) mass is 1440 g/mol. The van der Waals surface area contributed by atoms with Crippen LogP contribution in [0.4, 0.5) is 0 Å². The maximum Gasteiger partial charge on any atom is 0.472 e. The summed E-state index contributed by atoms with van der Waals surface area (Å²) in [6.45, 7) is 4.53. The summed E-state index contributed by atoms with van der Waals surface area (Å²) < 4.78 is 68.4. The molecule has 0 bridgehead atoms. The maximum atomic E-state index is 13.1. The Bertz CT molecular complexity index is 2370. The van der Waals surface area contributed by atoms with Crippen LogP contribution < -0.4 is 0 Å². The van der Waals surface area contributed by atoms with Crippen molar-refractivity contribution in [3.63, 3.8) is 0 Å². The summed E-state index contributed by atoms with van der Waals surface area (Å²) in [4.78, 5) is 72.9. The molecule has 574 valence electrons. The minimum absolute atomic E-state index is 0.0744. The van der Waals surface area contributed by atoms with Crippen molar-refractivity contribution in [1.82, 2.24) is 0 Å². The first kappa shape index (κ1) is 95.5. The van der Waals surface area contributed by atoms with Crippen LogP contribution in [0, 0.1) is 0 Å². The number of esters is 4. The molecule has 0 radical (unpaired) electrons. The van der Waals surface area contributed by atoms with Gasteiger partial charge in [0, 0.05) is 25.7 Å². The van der Waals surface area contributed by atoms with Crippen molar-refractivity contribution >= 4 is 39.5 Å². The lowest BCUT2D eigenvalue weighted by Crippen LogP contribution is -2.30. The number of aliphatic hydroxyl groups excluding tert-OH is 1. The zero-order valence-electron chi connectivity index (χ0n) is 62.6. The zero-order chi connectivity index (χ0) is 73.2. The summed E-state index contributed by atoms with van der Waals surface area (Å²) in [7, 11) is -9.97. The number of allylic oxidation sites excluding steroid dienone is 20. The zero-order valence-corrected chi connectivity index (χ0v) is 64.4. The number of carbonyl (C=O) groups excluding carboxylic acids is 4. The number of hydrogen-bond acceptors (Lipinski definition) is 15. The Balaban J connectivity index is 5.36. The van der Waals surface area contributed by atoms with Gasteiger partial charge in [0.1, 0.15) is 19.3 Å². The van der Waals surface area contributed by atoms with E-state index in [0.717, 1.165) is 180 Å². The van der Waals surface area contributed by atoms with E-state index in [1.807, 2.05) is 0 Å². The standard InChI is InChI=1S/C81H138O17P2/c1-5-9-13-17-21-25-29-32-35-36-37-38-41-43-47-50-54-58-62-66-79(84)91-71-76(97-80(85)67-63-59-55-51-45-28-24-20-16-12-8-4)73-95-99(87,88)93-69-75(82)70-94-100(89,90)96-74-77(98-81(86)68-64-60-56-52-48-44-40-34-31-27-23-19-15-11-7-3)72-92-78(83)65-61-57-53-49-46-42-39-33-30-26-22-18-14-10-6-2/h9-10,13-14,20-22,24-26,32-35,37-40,46,49,75-77,82H,5-8,11-12,15-19,23,27-31,36,41-45,47-48,50-74H2,1-4H3,(H,87,88)(H,89,90)/b13-9-,14-10-,24-20-,25-21-,26-22-,35-32-,38-37-,39-33-,40-34-,49-46-. The van der Waals surface area contributed by atoms with Crippen LogP contribution >= 0.6 is 15.6 Å². The van der Waals surface area contributed by atoms with Crippen LogP contribution in [0.5, 0.6) is 0 Å². The van der Waals surface area contributed by atoms with E-state index in [0.29, 0.717) is 25.7 Å². The first-order chi connectivity index (χ1) is 48.7. The van der Waals surface area contributed by atoms with Crippen molar-refractivity contribution in [2.75, 3.05) is 39.6 Å². The Kier molecular flexibility index (Phi) is 69.5. The van der Waals surface area contributed by atoms with Gasteiger partial charge in [-0.05, 0) is 148 Å². The SMILES string of the molecule is CC/C=C\C/C=C\C/C=C\C/C=C\CCCCCCCCC(=O)OCC(COP(=O)(O)OCC(O)COP(=O)(O)OCC(COC(=O)CCCC/C=C\C/C=C\C/C=C\C/C=C\CC)OC(=O)CCCCCCC/C=C\CCCCCCCC)OC(=O)CCCCCCC/C=C\CCCC. The fourth-order valence-electron chi connectivity index (χ4n) is 10.0. The van der Waals surface area contributed by atoms with Gasteiger partial charge in [0.05, 0.1) is 26.4 Å². The molecule has 0 aromatic rings. The molecule has 0 aliphatic heterocycles. The molecule has 17 nitrogen and oxygen atoms in total. The van der Waals surface area contributed by atoms with Gasteiger partial charge in [-0.25, -0.2) is 9.13 Å². The van der Waals surface area contributed by atoms with E-state index in [4.69, 9.17) is 37.0 Å². The highest BCUT2D eigenvalue weighted by atomic mass is 31.2. The molecule has 19 heteroatoms. The van der Waals surface area contributed by atoms with Gasteiger partial charge in [-0.1, -0.05) is 258 Å². The molecule has 5 unspecified atom stereocenters. The van der Waals surface area contributed by atoms with E-state index in [1.54, 1.807) is 0 Å². The van der Waals surface area contributed by atoms with E-state index >= 15 is 0 Å². The van der Waals surface area contributed by atoms with E-state index < -0.39 is 97.5 Å². The average Bonchev–Trinajstić information content (AvgIpc) is 0.953. The largest absolute Gasteiger partial charge is 0.472 e. The number of rotatable bonds is 72. The Labute approximate surface area is 606 Å². The first-order valence-corrected chi connectivity index (χ1v) is 41.8. The summed E-state index contributed by atoms with van der Waals surface area (Å²) in [6, 6.07) is 0. The molecule has 0 saturated heterocycles. The lowest BCUT2D eigenvalue weighted by Gasteiger charge is -2.21. The van der Waals surface area contributed by atoms with Gasteiger partial charge in [0.25, 0.3) is 0 Å². The predicted octanol–water partition coefficient (Wildman–Crippen LogP) is 22.3. The molecule has 0 heterocycles. The number of ether oxygens (including phenoxy) is 4. The normalized spacial score (nSPS) is 14.6. The summed E-state index contributed by atoms with van der Waals surface area (Å²) in [5, 5.41) is 10.6. The molecule has 0 aromatic carbocycles. The van der Waals surface area contributed by atoms with Crippen LogP contribution in [0.3, 0.4) is 0 Å². The quantitative estimate of drug-likeness (QED) is 0.0169. The number of phosphoric acid groups is 2. The van der Waals surface area contributed by atoms with Gasteiger partial charge in [-0.15, -0.1) is 0 Å². The van der Waals surface area contributed by atoms with E-state index in [1.165, 1.54) is 51.4 Å². The summed E-state index contributed by atoms with van der Waals surface area (Å²) in [5.74, 6) is -2.25. The highest BCUT2D eigenvalue weighted by Crippen LogP contribution is 2.45. The van der Waals surface area contributed by atoms with Crippen LogP contribution in [-0.2, 0) is 65.4 Å². The van der Waals surface area contributed by atoms with E-state index in [9.17, 15) is 43.2 Å². The van der Waals surface area contributed by atoms with Crippen molar-refractivity contribution in [3.8, 4) is 0 Å². The Morgan fingerprint density at radius 1 is 0.290 bits per heavy atom. The van der Waals surface area contributed by atoms with Crippen molar-refractivity contribution in [1.29, 1.82) is 0 Å². The van der Waals surface area contributed by atoms with Gasteiger partial charge >= 0.3 is 39.5 Å². The summed E-state index contributed by atoms with van der Waals surface area (Å²) in [6.07, 6.45) is 79.1. The minimum atomic E-state index is -4.99.